The first-order valence-electron chi connectivity index (χ1n) is 11.7. The van der Waals surface area contributed by atoms with E-state index in [1.165, 1.54) is 102 Å². The third-order valence-electron chi connectivity index (χ3n) is 7.71. The van der Waals surface area contributed by atoms with Gasteiger partial charge < -0.3 is 9.64 Å². The van der Waals surface area contributed by atoms with Crippen molar-refractivity contribution >= 4 is 12.4 Å². The number of likely N-dealkylation sites (tertiary alicyclic amines) is 1. The van der Waals surface area contributed by atoms with Gasteiger partial charge in [0.2, 0.25) is 0 Å². The summed E-state index contributed by atoms with van der Waals surface area (Å²) in [5.41, 5.74) is 3.09. The summed E-state index contributed by atoms with van der Waals surface area (Å²) in [4.78, 5) is 2.83. The summed E-state index contributed by atoms with van der Waals surface area (Å²) >= 11 is 0. The molecule has 1 atom stereocenters. The molecule has 3 heteroatoms. The molecule has 1 saturated carbocycles. The van der Waals surface area contributed by atoms with Gasteiger partial charge in [-0.3, -0.25) is 0 Å². The Morgan fingerprint density at radius 1 is 0.929 bits per heavy atom. The number of hydrogen-bond donors (Lipinski definition) is 0. The highest BCUT2D eigenvalue weighted by Gasteiger charge is 2.27. The van der Waals surface area contributed by atoms with E-state index in [-0.39, 0.29) is 12.4 Å². The van der Waals surface area contributed by atoms with Gasteiger partial charge in [0.15, 0.2) is 0 Å². The molecule has 0 aromatic heterocycles. The van der Waals surface area contributed by atoms with Crippen molar-refractivity contribution in [3.05, 3.63) is 29.3 Å². The molecule has 1 saturated heterocycles. The molecule has 2 fully saturated rings. The van der Waals surface area contributed by atoms with E-state index < -0.39 is 0 Å². The van der Waals surface area contributed by atoms with E-state index in [4.69, 9.17) is 4.74 Å². The van der Waals surface area contributed by atoms with Gasteiger partial charge in [-0.2, -0.15) is 0 Å². The Hall–Kier alpha value is -0.730. The Kier molecular flexibility index (Phi) is 8.53. The lowest BCUT2D eigenvalue weighted by molar-refractivity contribution is 0.103. The van der Waals surface area contributed by atoms with E-state index in [1.807, 2.05) is 7.11 Å². The molecule has 0 bridgehead atoms. The lowest BCUT2D eigenvalue weighted by Crippen LogP contribution is -2.42. The lowest BCUT2D eigenvalue weighted by Gasteiger charge is -2.39. The lowest BCUT2D eigenvalue weighted by atomic mass is 9.79. The zero-order valence-corrected chi connectivity index (χ0v) is 18.7. The molecule has 3 aliphatic rings. The highest BCUT2D eigenvalue weighted by molar-refractivity contribution is 5.85. The molecular weight excluding hydrogens is 366 g/mol. The van der Waals surface area contributed by atoms with Gasteiger partial charge in [0.05, 0.1) is 7.11 Å². The van der Waals surface area contributed by atoms with Crippen LogP contribution in [0.1, 0.15) is 94.1 Å². The maximum atomic E-state index is 5.62. The number of benzene rings is 1. The molecule has 28 heavy (non-hydrogen) atoms. The van der Waals surface area contributed by atoms with Crippen LogP contribution in [0.2, 0.25) is 0 Å². The SMILES string of the molecule is COc1cccc2c1CCCC2CCCC1CCN(C2CCCCC2)CC1.Cl. The fraction of sp³-hybridized carbons (Fsp3) is 0.760. The smallest absolute Gasteiger partial charge is 0.122 e. The van der Waals surface area contributed by atoms with Crippen LogP contribution in [0.25, 0.3) is 0 Å². The van der Waals surface area contributed by atoms with Crippen molar-refractivity contribution in [2.24, 2.45) is 5.92 Å². The van der Waals surface area contributed by atoms with E-state index in [9.17, 15) is 0 Å². The maximum Gasteiger partial charge on any atom is 0.122 e. The normalized spacial score (nSPS) is 24.4. The number of nitrogens with zero attached hydrogens (tertiary/aromatic N) is 1. The van der Waals surface area contributed by atoms with Crippen LogP contribution in [-0.4, -0.2) is 31.1 Å². The Morgan fingerprint density at radius 3 is 2.46 bits per heavy atom. The van der Waals surface area contributed by atoms with Crippen LogP contribution in [0.4, 0.5) is 0 Å². The molecule has 0 spiro atoms. The van der Waals surface area contributed by atoms with Crippen molar-refractivity contribution in [3.8, 4) is 5.75 Å². The summed E-state index contributed by atoms with van der Waals surface area (Å²) in [5.74, 6) is 2.87. The molecule has 0 radical (unpaired) electrons. The Bertz CT molecular complexity index is 590. The molecule has 1 unspecified atom stereocenters. The fourth-order valence-corrected chi connectivity index (χ4v) is 6.11. The van der Waals surface area contributed by atoms with E-state index in [0.717, 1.165) is 23.6 Å². The molecule has 0 N–H and O–H groups in total. The summed E-state index contributed by atoms with van der Waals surface area (Å²) in [5, 5.41) is 0. The van der Waals surface area contributed by atoms with Crippen molar-refractivity contribution in [1.82, 2.24) is 4.90 Å². The fourth-order valence-electron chi connectivity index (χ4n) is 6.11. The first-order chi connectivity index (χ1) is 13.3. The third kappa shape index (κ3) is 5.25. The van der Waals surface area contributed by atoms with Gasteiger partial charge in [0.1, 0.15) is 5.75 Å². The first kappa shape index (κ1) is 22.0. The standard InChI is InChI=1S/C25H39NO.ClH/c1-27-25-15-7-13-23-21(10-6-14-24(23)25)9-5-8-20-16-18-26(19-17-20)22-11-3-2-4-12-22;/h7,13,15,20-22H,2-6,8-12,14,16-19H2,1H3;1H. The zero-order chi connectivity index (χ0) is 18.5. The zero-order valence-electron chi connectivity index (χ0n) is 17.8. The van der Waals surface area contributed by atoms with Crippen LogP contribution in [0.15, 0.2) is 18.2 Å². The molecule has 1 aromatic carbocycles. The highest BCUT2D eigenvalue weighted by Crippen LogP contribution is 2.39. The van der Waals surface area contributed by atoms with Gasteiger partial charge in [0.25, 0.3) is 0 Å². The minimum Gasteiger partial charge on any atom is -0.496 e. The second-order valence-corrected chi connectivity index (χ2v) is 9.32. The van der Waals surface area contributed by atoms with Crippen LogP contribution in [0.5, 0.6) is 5.75 Å². The number of ether oxygens (including phenoxy) is 1. The molecule has 0 amide bonds. The van der Waals surface area contributed by atoms with Crippen molar-refractivity contribution < 1.29 is 4.74 Å². The summed E-state index contributed by atoms with van der Waals surface area (Å²) in [6.45, 7) is 2.75. The molecule has 2 aliphatic carbocycles. The van der Waals surface area contributed by atoms with Gasteiger partial charge in [-0.15, -0.1) is 12.4 Å². The summed E-state index contributed by atoms with van der Waals surface area (Å²) in [6, 6.07) is 7.62. The molecule has 2 nitrogen and oxygen atoms in total. The Labute approximate surface area is 178 Å². The van der Waals surface area contributed by atoms with Crippen LogP contribution >= 0.6 is 12.4 Å². The number of hydrogen-bond acceptors (Lipinski definition) is 2. The molecular formula is C25H40ClNO. The quantitative estimate of drug-likeness (QED) is 0.518. The molecule has 1 aromatic rings. The van der Waals surface area contributed by atoms with Crippen molar-refractivity contribution in [3.63, 3.8) is 0 Å². The predicted molar refractivity (Wildman–Crippen MR) is 121 cm³/mol. The second kappa shape index (κ2) is 10.9. The summed E-state index contributed by atoms with van der Waals surface area (Å²) in [6.07, 6.45) is 18.4. The minimum absolute atomic E-state index is 0. The highest BCUT2D eigenvalue weighted by atomic mass is 35.5. The molecule has 158 valence electrons. The molecule has 1 aliphatic heterocycles. The Morgan fingerprint density at radius 2 is 1.71 bits per heavy atom. The van der Waals surface area contributed by atoms with Gasteiger partial charge in [0, 0.05) is 6.04 Å². The molecule has 4 rings (SSSR count). The maximum absolute atomic E-state index is 5.62. The van der Waals surface area contributed by atoms with Gasteiger partial charge >= 0.3 is 0 Å². The Balaban J connectivity index is 0.00000225. The van der Waals surface area contributed by atoms with E-state index in [1.54, 1.807) is 5.56 Å². The topological polar surface area (TPSA) is 12.5 Å². The van der Waals surface area contributed by atoms with Crippen LogP contribution in [0.3, 0.4) is 0 Å². The largest absolute Gasteiger partial charge is 0.496 e. The average Bonchev–Trinajstić information content (AvgIpc) is 2.74. The van der Waals surface area contributed by atoms with Crippen molar-refractivity contribution in [2.75, 3.05) is 20.2 Å². The molecule has 1 heterocycles. The summed E-state index contributed by atoms with van der Waals surface area (Å²) in [7, 11) is 1.82. The van der Waals surface area contributed by atoms with E-state index >= 15 is 0 Å². The van der Waals surface area contributed by atoms with Gasteiger partial charge in [-0.25, -0.2) is 0 Å². The number of halogens is 1. The number of rotatable bonds is 6. The summed E-state index contributed by atoms with van der Waals surface area (Å²) < 4.78 is 5.62. The van der Waals surface area contributed by atoms with Crippen LogP contribution in [-0.2, 0) is 6.42 Å². The third-order valence-corrected chi connectivity index (χ3v) is 7.71. The van der Waals surface area contributed by atoms with E-state index in [0.29, 0.717) is 0 Å². The van der Waals surface area contributed by atoms with Crippen molar-refractivity contribution in [1.29, 1.82) is 0 Å². The van der Waals surface area contributed by atoms with Crippen LogP contribution < -0.4 is 4.74 Å². The number of fused-ring (bicyclic) bond motifs is 1. The minimum atomic E-state index is 0. The van der Waals surface area contributed by atoms with Crippen molar-refractivity contribution in [2.45, 2.75) is 95.4 Å². The predicted octanol–water partition coefficient (Wildman–Crippen LogP) is 6.75. The first-order valence-corrected chi connectivity index (χ1v) is 11.7. The van der Waals surface area contributed by atoms with Gasteiger partial charge in [-0.1, -0.05) is 44.2 Å². The van der Waals surface area contributed by atoms with Gasteiger partial charge in [-0.05, 0) is 93.5 Å². The number of piperidine rings is 1. The van der Waals surface area contributed by atoms with E-state index in [2.05, 4.69) is 23.1 Å². The second-order valence-electron chi connectivity index (χ2n) is 9.32. The van der Waals surface area contributed by atoms with Crippen LogP contribution in [0, 0.1) is 5.92 Å². The average molecular weight is 406 g/mol. The monoisotopic (exact) mass is 405 g/mol. The number of methoxy groups -OCH3 is 1.